The molecule has 1 rings (SSSR count). The molecule has 0 bridgehead atoms. The van der Waals surface area contributed by atoms with E-state index in [9.17, 15) is 4.39 Å². The van der Waals surface area contributed by atoms with Crippen molar-refractivity contribution in [2.24, 2.45) is 5.73 Å². The Bertz CT molecular complexity index is 85.5. The Hall–Kier alpha value is -0.150. The van der Waals surface area contributed by atoms with Gasteiger partial charge >= 0.3 is 0 Å². The normalized spacial score (nSPS) is 19.4. The highest BCUT2D eigenvalue weighted by molar-refractivity contribution is 4.65. The summed E-state index contributed by atoms with van der Waals surface area (Å²) < 4.78 is 12.1. The van der Waals surface area contributed by atoms with Gasteiger partial charge in [-0.1, -0.05) is 13.8 Å². The molecule has 1 fully saturated rings. The first-order chi connectivity index (χ1) is 5.13. The van der Waals surface area contributed by atoms with E-state index in [1.807, 2.05) is 13.8 Å². The molecule has 2 nitrogen and oxygen atoms in total. The zero-order valence-electron chi connectivity index (χ0n) is 7.44. The number of hydrogen-bond acceptors (Lipinski definition) is 2. The van der Waals surface area contributed by atoms with Crippen LogP contribution in [-0.4, -0.2) is 25.3 Å². The molecule has 1 heterocycles. The maximum atomic E-state index is 12.1. The molecule has 11 heavy (non-hydrogen) atoms. The number of nitrogens with one attached hydrogen (secondary N) is 1. The molecule has 1 aliphatic heterocycles. The molecule has 1 aliphatic rings. The first kappa shape index (κ1) is 10.8. The van der Waals surface area contributed by atoms with Gasteiger partial charge in [0, 0.05) is 2.85 Å². The van der Waals surface area contributed by atoms with Gasteiger partial charge < -0.3 is 11.1 Å². The lowest BCUT2D eigenvalue weighted by atomic mass is 10.1. The van der Waals surface area contributed by atoms with Gasteiger partial charge in [-0.2, -0.15) is 0 Å². The van der Waals surface area contributed by atoms with Crippen molar-refractivity contribution in [3.8, 4) is 0 Å². The summed E-state index contributed by atoms with van der Waals surface area (Å²) >= 11 is 0. The fourth-order valence-electron chi connectivity index (χ4n) is 0.787. The molecule has 3 N–H and O–H groups in total. The topological polar surface area (TPSA) is 38.0 Å². The SMILES string of the molecule is CC(C)N.FC1CCNCC1.[HH].[HH]. The van der Waals surface area contributed by atoms with Crippen LogP contribution >= 0.6 is 0 Å². The van der Waals surface area contributed by atoms with Gasteiger partial charge in [0.05, 0.1) is 0 Å². The van der Waals surface area contributed by atoms with Crippen molar-refractivity contribution >= 4 is 0 Å². The molecule has 72 valence electrons. The van der Waals surface area contributed by atoms with Crippen LogP contribution in [0, 0.1) is 0 Å². The van der Waals surface area contributed by atoms with Crippen LogP contribution in [0.15, 0.2) is 0 Å². The molecule has 0 radical (unpaired) electrons. The average molecular weight is 166 g/mol. The van der Waals surface area contributed by atoms with Crippen molar-refractivity contribution in [3.63, 3.8) is 0 Å². The van der Waals surface area contributed by atoms with E-state index in [0.29, 0.717) is 18.9 Å². The van der Waals surface area contributed by atoms with E-state index in [2.05, 4.69) is 5.32 Å². The summed E-state index contributed by atoms with van der Waals surface area (Å²) in [5, 5.41) is 3.08. The van der Waals surface area contributed by atoms with Crippen molar-refractivity contribution in [2.75, 3.05) is 13.1 Å². The van der Waals surface area contributed by atoms with Gasteiger partial charge in [0.1, 0.15) is 6.17 Å². The van der Waals surface area contributed by atoms with Crippen LogP contribution < -0.4 is 11.1 Å². The number of hydrogen-bond donors (Lipinski definition) is 2. The Kier molecular flexibility index (Phi) is 6.46. The Labute approximate surface area is 71.3 Å². The zero-order chi connectivity index (χ0) is 8.69. The molecule has 0 aliphatic carbocycles. The highest BCUT2D eigenvalue weighted by atomic mass is 19.1. The molecule has 3 heteroatoms. The second kappa shape index (κ2) is 6.55. The summed E-state index contributed by atoms with van der Waals surface area (Å²) in [6.07, 6.45) is 0.890. The Balaban J connectivity index is -0.000000150. The third-order valence-electron chi connectivity index (χ3n) is 1.27. The molecule has 1 saturated heterocycles. The van der Waals surface area contributed by atoms with Gasteiger partial charge in [-0.25, -0.2) is 4.39 Å². The molecular formula is C8H23FN2. The van der Waals surface area contributed by atoms with Crippen LogP contribution in [0.1, 0.15) is 29.5 Å². The van der Waals surface area contributed by atoms with E-state index in [1.54, 1.807) is 0 Å². The minimum Gasteiger partial charge on any atom is -0.328 e. The van der Waals surface area contributed by atoms with E-state index in [1.165, 1.54) is 0 Å². The highest BCUT2D eigenvalue weighted by Crippen LogP contribution is 2.04. The molecule has 0 spiro atoms. The molecule has 0 aromatic heterocycles. The van der Waals surface area contributed by atoms with Crippen LogP contribution in [0.4, 0.5) is 4.39 Å². The van der Waals surface area contributed by atoms with Crippen molar-refractivity contribution in [2.45, 2.75) is 38.9 Å². The van der Waals surface area contributed by atoms with Crippen LogP contribution in [-0.2, 0) is 0 Å². The maximum Gasteiger partial charge on any atom is 0.103 e. The van der Waals surface area contributed by atoms with Gasteiger partial charge in [0.2, 0.25) is 0 Å². The molecule has 0 saturated carbocycles. The monoisotopic (exact) mass is 166 g/mol. The van der Waals surface area contributed by atoms with Crippen molar-refractivity contribution in [1.29, 1.82) is 0 Å². The van der Waals surface area contributed by atoms with Crippen LogP contribution in [0.5, 0.6) is 0 Å². The van der Waals surface area contributed by atoms with Crippen LogP contribution in [0.25, 0.3) is 0 Å². The number of rotatable bonds is 0. The van der Waals surface area contributed by atoms with E-state index in [0.717, 1.165) is 13.1 Å². The minimum atomic E-state index is -0.527. The minimum absolute atomic E-state index is 0. The number of alkyl halides is 1. The van der Waals surface area contributed by atoms with Crippen molar-refractivity contribution in [3.05, 3.63) is 0 Å². The van der Waals surface area contributed by atoms with Crippen molar-refractivity contribution < 1.29 is 7.24 Å². The van der Waals surface area contributed by atoms with Crippen molar-refractivity contribution in [1.82, 2.24) is 5.32 Å². The van der Waals surface area contributed by atoms with Gasteiger partial charge in [-0.05, 0) is 32.0 Å². The molecule has 0 aromatic rings. The predicted octanol–water partition coefficient (Wildman–Crippen LogP) is 1.55. The molecule has 0 aromatic carbocycles. The van der Waals surface area contributed by atoms with Gasteiger partial charge in [-0.3, -0.25) is 0 Å². The zero-order valence-corrected chi connectivity index (χ0v) is 7.44. The highest BCUT2D eigenvalue weighted by Gasteiger charge is 2.09. The number of nitrogens with two attached hydrogens (primary N) is 1. The quantitative estimate of drug-likeness (QED) is 0.573. The summed E-state index contributed by atoms with van der Waals surface area (Å²) in [5.74, 6) is 0. The summed E-state index contributed by atoms with van der Waals surface area (Å²) in [4.78, 5) is 0. The van der Waals surface area contributed by atoms with Gasteiger partial charge in [0.15, 0.2) is 0 Å². The first-order valence-electron chi connectivity index (χ1n) is 4.23. The summed E-state index contributed by atoms with van der Waals surface area (Å²) in [7, 11) is 0. The summed E-state index contributed by atoms with van der Waals surface area (Å²) in [6, 6.07) is 0.333. The largest absolute Gasteiger partial charge is 0.328 e. The van der Waals surface area contributed by atoms with Crippen LogP contribution in [0.2, 0.25) is 0 Å². The summed E-state index contributed by atoms with van der Waals surface area (Å²) in [6.45, 7) is 5.61. The summed E-state index contributed by atoms with van der Waals surface area (Å²) in [5.41, 5.74) is 5.11. The van der Waals surface area contributed by atoms with E-state index in [-0.39, 0.29) is 2.85 Å². The van der Waals surface area contributed by atoms with Gasteiger partial charge in [-0.15, -0.1) is 0 Å². The number of halogens is 1. The molecule has 0 unspecified atom stereocenters. The predicted molar refractivity (Wildman–Crippen MR) is 50.6 cm³/mol. The van der Waals surface area contributed by atoms with Crippen LogP contribution in [0.3, 0.4) is 0 Å². The molecular weight excluding hydrogens is 143 g/mol. The average Bonchev–Trinajstić information content (AvgIpc) is 1.87. The van der Waals surface area contributed by atoms with E-state index >= 15 is 0 Å². The van der Waals surface area contributed by atoms with Gasteiger partial charge in [0.25, 0.3) is 0 Å². The number of piperidine rings is 1. The lowest BCUT2D eigenvalue weighted by Crippen LogP contribution is -2.28. The second-order valence-electron chi connectivity index (χ2n) is 3.17. The maximum absolute atomic E-state index is 12.1. The second-order valence-corrected chi connectivity index (χ2v) is 3.17. The lowest BCUT2D eigenvalue weighted by Gasteiger charge is -2.14. The third-order valence-corrected chi connectivity index (χ3v) is 1.27. The Morgan fingerprint density at radius 1 is 1.45 bits per heavy atom. The molecule has 0 amide bonds. The molecule has 0 atom stereocenters. The third kappa shape index (κ3) is 9.85. The standard InChI is InChI=1S/C5H10FN.C3H9N.2H2/c6-5-1-3-7-4-2-5;1-3(2)4;;/h5,7H,1-4H2;3H,4H2,1-2H3;2*1H. The Morgan fingerprint density at radius 3 is 2.00 bits per heavy atom. The first-order valence-corrected chi connectivity index (χ1v) is 4.23. The lowest BCUT2D eigenvalue weighted by molar-refractivity contribution is 0.262. The van der Waals surface area contributed by atoms with E-state index in [4.69, 9.17) is 5.73 Å². The fourth-order valence-corrected chi connectivity index (χ4v) is 0.787. The van der Waals surface area contributed by atoms with E-state index < -0.39 is 6.17 Å². The Morgan fingerprint density at radius 2 is 1.82 bits per heavy atom. The fraction of sp³-hybridized carbons (Fsp3) is 1.00. The smallest absolute Gasteiger partial charge is 0.103 e.